The van der Waals surface area contributed by atoms with Crippen LogP contribution >= 0.6 is 0 Å². The van der Waals surface area contributed by atoms with Gasteiger partial charge in [0.15, 0.2) is 0 Å². The summed E-state index contributed by atoms with van der Waals surface area (Å²) in [5.74, 6) is 0. The summed E-state index contributed by atoms with van der Waals surface area (Å²) in [4.78, 5) is 3.42. The molecule has 0 aliphatic heterocycles. The maximum absolute atomic E-state index is 3.42. The van der Waals surface area contributed by atoms with Crippen molar-refractivity contribution < 1.29 is 0 Å². The van der Waals surface area contributed by atoms with Crippen LogP contribution in [-0.2, 0) is 0 Å². The predicted octanol–water partition coefficient (Wildman–Crippen LogP) is 3.94. The Kier molecular flexibility index (Phi) is 1.63. The highest BCUT2D eigenvalue weighted by molar-refractivity contribution is 5.98. The third kappa shape index (κ3) is 1.16. The molecule has 3 aromatic rings. The highest BCUT2D eigenvalue weighted by Gasteiger charge is 2.04. The molecule has 1 aromatic heterocycles. The molecule has 0 unspecified atom stereocenters. The van der Waals surface area contributed by atoms with E-state index in [1.807, 2.05) is 0 Å². The standard InChI is InChI=1S/C14H13N/c1-9-10(2)15-14-8-12-6-4-3-5-11(12)7-13(9)14/h3-8,15H,1-2H3. The number of H-pyrrole nitrogens is 1. The lowest BCUT2D eigenvalue weighted by atomic mass is 10.1. The van der Waals surface area contributed by atoms with Gasteiger partial charge in [-0.3, -0.25) is 0 Å². The van der Waals surface area contributed by atoms with Gasteiger partial charge in [0.2, 0.25) is 0 Å². The summed E-state index contributed by atoms with van der Waals surface area (Å²) in [6.07, 6.45) is 0. The zero-order valence-electron chi connectivity index (χ0n) is 8.96. The van der Waals surface area contributed by atoms with Gasteiger partial charge in [-0.15, -0.1) is 0 Å². The Morgan fingerprint density at radius 2 is 1.60 bits per heavy atom. The minimum atomic E-state index is 1.24. The van der Waals surface area contributed by atoms with E-state index in [9.17, 15) is 0 Å². The lowest BCUT2D eigenvalue weighted by Gasteiger charge is -1.98. The van der Waals surface area contributed by atoms with E-state index < -0.39 is 0 Å². The van der Waals surface area contributed by atoms with Gasteiger partial charge < -0.3 is 4.98 Å². The second-order valence-electron chi connectivity index (χ2n) is 4.12. The number of hydrogen-bond donors (Lipinski definition) is 1. The van der Waals surface area contributed by atoms with Gasteiger partial charge in [-0.25, -0.2) is 0 Å². The molecule has 0 spiro atoms. The van der Waals surface area contributed by atoms with Crippen molar-refractivity contribution >= 4 is 21.7 Å². The monoisotopic (exact) mass is 195 g/mol. The van der Waals surface area contributed by atoms with Crippen molar-refractivity contribution in [2.24, 2.45) is 0 Å². The van der Waals surface area contributed by atoms with E-state index in [1.165, 1.54) is 32.9 Å². The molecule has 0 saturated carbocycles. The van der Waals surface area contributed by atoms with Crippen LogP contribution in [0.15, 0.2) is 36.4 Å². The molecule has 0 bridgehead atoms. The van der Waals surface area contributed by atoms with Crippen LogP contribution in [0.5, 0.6) is 0 Å². The van der Waals surface area contributed by atoms with Crippen molar-refractivity contribution in [1.29, 1.82) is 0 Å². The van der Waals surface area contributed by atoms with Crippen molar-refractivity contribution in [1.82, 2.24) is 4.98 Å². The molecule has 15 heavy (non-hydrogen) atoms. The van der Waals surface area contributed by atoms with Crippen molar-refractivity contribution in [3.05, 3.63) is 47.7 Å². The van der Waals surface area contributed by atoms with E-state index in [1.54, 1.807) is 0 Å². The molecular weight excluding hydrogens is 182 g/mol. The Labute approximate surface area is 88.7 Å². The van der Waals surface area contributed by atoms with Crippen LogP contribution in [0.3, 0.4) is 0 Å². The molecule has 0 aliphatic rings. The molecule has 0 amide bonds. The van der Waals surface area contributed by atoms with Crippen LogP contribution < -0.4 is 0 Å². The van der Waals surface area contributed by atoms with E-state index >= 15 is 0 Å². The molecule has 2 aromatic carbocycles. The summed E-state index contributed by atoms with van der Waals surface area (Å²) in [7, 11) is 0. The third-order valence-electron chi connectivity index (χ3n) is 3.17. The number of aromatic nitrogens is 1. The highest BCUT2D eigenvalue weighted by Crippen LogP contribution is 2.26. The topological polar surface area (TPSA) is 15.8 Å². The minimum Gasteiger partial charge on any atom is -0.358 e. The molecule has 0 radical (unpaired) electrons. The van der Waals surface area contributed by atoms with Gasteiger partial charge in [-0.2, -0.15) is 0 Å². The summed E-state index contributed by atoms with van der Waals surface area (Å²) >= 11 is 0. The first-order valence-electron chi connectivity index (χ1n) is 5.23. The van der Waals surface area contributed by atoms with Crippen molar-refractivity contribution in [2.75, 3.05) is 0 Å². The Hall–Kier alpha value is -1.76. The van der Waals surface area contributed by atoms with E-state index in [4.69, 9.17) is 0 Å². The molecule has 0 aliphatic carbocycles. The van der Waals surface area contributed by atoms with Gasteiger partial charge in [0, 0.05) is 16.6 Å². The lowest BCUT2D eigenvalue weighted by molar-refractivity contribution is 1.25. The first kappa shape index (κ1) is 8.54. The summed E-state index contributed by atoms with van der Waals surface area (Å²) in [5, 5.41) is 3.95. The van der Waals surface area contributed by atoms with Gasteiger partial charge >= 0.3 is 0 Å². The fourth-order valence-corrected chi connectivity index (χ4v) is 2.15. The van der Waals surface area contributed by atoms with Gasteiger partial charge in [0.25, 0.3) is 0 Å². The van der Waals surface area contributed by atoms with Crippen LogP contribution in [0.4, 0.5) is 0 Å². The maximum atomic E-state index is 3.42. The van der Waals surface area contributed by atoms with Gasteiger partial charge in [-0.05, 0) is 42.3 Å². The van der Waals surface area contributed by atoms with Gasteiger partial charge in [0.1, 0.15) is 0 Å². The number of aryl methyl sites for hydroxylation is 2. The van der Waals surface area contributed by atoms with Crippen LogP contribution in [0.25, 0.3) is 21.7 Å². The Morgan fingerprint density at radius 3 is 2.33 bits per heavy atom. The normalized spacial score (nSPS) is 11.3. The van der Waals surface area contributed by atoms with E-state index in [0.29, 0.717) is 0 Å². The summed E-state index contributed by atoms with van der Waals surface area (Å²) in [5.41, 5.74) is 3.86. The molecule has 1 N–H and O–H groups in total. The van der Waals surface area contributed by atoms with E-state index in [-0.39, 0.29) is 0 Å². The molecular formula is C14H13N. The summed E-state index contributed by atoms with van der Waals surface area (Å²) in [6.45, 7) is 4.29. The minimum absolute atomic E-state index is 1.24. The van der Waals surface area contributed by atoms with Gasteiger partial charge in [-0.1, -0.05) is 24.3 Å². The predicted molar refractivity (Wildman–Crippen MR) is 65.3 cm³/mol. The largest absolute Gasteiger partial charge is 0.358 e. The van der Waals surface area contributed by atoms with E-state index in [0.717, 1.165) is 0 Å². The number of benzene rings is 2. The Balaban J connectivity index is 2.53. The Morgan fingerprint density at radius 1 is 0.933 bits per heavy atom. The smallest absolute Gasteiger partial charge is 0.0465 e. The molecule has 1 nitrogen and oxygen atoms in total. The molecule has 74 valence electrons. The number of hydrogen-bond acceptors (Lipinski definition) is 0. The maximum Gasteiger partial charge on any atom is 0.0465 e. The van der Waals surface area contributed by atoms with Crippen LogP contribution in [-0.4, -0.2) is 4.98 Å². The molecule has 0 saturated heterocycles. The molecule has 3 rings (SSSR count). The average Bonchev–Trinajstić information content (AvgIpc) is 2.52. The van der Waals surface area contributed by atoms with E-state index in [2.05, 4.69) is 55.2 Å². The fraction of sp³-hybridized carbons (Fsp3) is 0.143. The number of rotatable bonds is 0. The first-order chi connectivity index (χ1) is 7.25. The molecule has 1 heterocycles. The lowest BCUT2D eigenvalue weighted by Crippen LogP contribution is -1.73. The van der Waals surface area contributed by atoms with Crippen LogP contribution in [0.2, 0.25) is 0 Å². The summed E-state index contributed by atoms with van der Waals surface area (Å²) < 4.78 is 0. The number of nitrogens with one attached hydrogen (secondary N) is 1. The van der Waals surface area contributed by atoms with Crippen LogP contribution in [0.1, 0.15) is 11.3 Å². The van der Waals surface area contributed by atoms with Crippen molar-refractivity contribution in [3.63, 3.8) is 0 Å². The second kappa shape index (κ2) is 2.86. The SMILES string of the molecule is Cc1[nH]c2cc3ccccc3cc2c1C. The van der Waals surface area contributed by atoms with Gasteiger partial charge in [0.05, 0.1) is 0 Å². The quantitative estimate of drug-likeness (QED) is 0.559. The molecule has 0 fully saturated rings. The van der Waals surface area contributed by atoms with Crippen molar-refractivity contribution in [2.45, 2.75) is 13.8 Å². The van der Waals surface area contributed by atoms with Crippen molar-refractivity contribution in [3.8, 4) is 0 Å². The zero-order valence-corrected chi connectivity index (χ0v) is 8.96. The average molecular weight is 195 g/mol. The first-order valence-corrected chi connectivity index (χ1v) is 5.23. The second-order valence-corrected chi connectivity index (χ2v) is 4.12. The zero-order chi connectivity index (χ0) is 10.4. The number of fused-ring (bicyclic) bond motifs is 2. The molecule has 0 atom stereocenters. The highest BCUT2D eigenvalue weighted by atomic mass is 14.7. The third-order valence-corrected chi connectivity index (χ3v) is 3.17. The Bertz CT molecular complexity index is 647. The molecule has 1 heteroatoms. The fourth-order valence-electron chi connectivity index (χ4n) is 2.15. The number of aromatic amines is 1. The summed E-state index contributed by atoms with van der Waals surface area (Å²) in [6, 6.07) is 13.0. The van der Waals surface area contributed by atoms with Crippen LogP contribution in [0, 0.1) is 13.8 Å².